The van der Waals surface area contributed by atoms with Gasteiger partial charge in [0.15, 0.2) is 17.5 Å². The van der Waals surface area contributed by atoms with E-state index >= 15 is 0 Å². The summed E-state index contributed by atoms with van der Waals surface area (Å²) in [6, 6.07) is -23.2. The van der Waals surface area contributed by atoms with Gasteiger partial charge in [0.05, 0.1) is 39.8 Å². The topological polar surface area (TPSA) is 51.8 Å². The van der Waals surface area contributed by atoms with Gasteiger partial charge in [-0.1, -0.05) is 127 Å². The number of benzene rings is 8. The fourth-order valence-corrected chi connectivity index (χ4v) is 8.34. The second kappa shape index (κ2) is 12.8. The van der Waals surface area contributed by atoms with E-state index in [4.69, 9.17) is 30.5 Å². The van der Waals surface area contributed by atoms with Crippen LogP contribution in [0.25, 0.3) is 119 Å². The monoisotopic (exact) mass is 792 g/mol. The molecule has 0 spiro atoms. The first-order valence-corrected chi connectivity index (χ1v) is 18.2. The van der Waals surface area contributed by atoms with Gasteiger partial charge in [-0.2, -0.15) is 0 Å². The Bertz CT molecular complexity index is 5100. The Morgan fingerprint density at radius 2 is 0.982 bits per heavy atom. The van der Waals surface area contributed by atoms with Gasteiger partial charge in [-0.25, -0.2) is 15.0 Å². The van der Waals surface area contributed by atoms with E-state index in [1.54, 1.807) is 0 Å². The number of para-hydroxylation sites is 1. The third kappa shape index (κ3) is 5.30. The lowest BCUT2D eigenvalue weighted by atomic mass is 9.92. The molecule has 0 atom stereocenters. The van der Waals surface area contributed by atoms with Gasteiger partial charge >= 0.3 is 0 Å². The number of aromatic nitrogens is 3. The molecule has 57 heavy (non-hydrogen) atoms. The molecule has 0 saturated carbocycles. The zero-order valence-electron chi connectivity index (χ0n) is 57.1. The van der Waals surface area contributed by atoms with Crippen LogP contribution in [0.4, 0.5) is 0 Å². The quantitative estimate of drug-likeness (QED) is 0.174. The van der Waals surface area contributed by atoms with E-state index < -0.39 is 264 Å². The van der Waals surface area contributed by atoms with Gasteiger partial charge in [0, 0.05) is 67.8 Å². The largest absolute Gasteiger partial charge is 0.456 e. The van der Waals surface area contributed by atoms with Crippen molar-refractivity contribution in [3.8, 4) is 56.4 Å². The Morgan fingerprint density at radius 1 is 0.351 bits per heavy atom. The van der Waals surface area contributed by atoms with Crippen LogP contribution in [-0.4, -0.2) is 15.0 Å². The van der Waals surface area contributed by atoms with Crippen LogP contribution < -0.4 is 0 Å². The van der Waals surface area contributed by atoms with Crippen molar-refractivity contribution >= 4 is 85.0 Å². The molecule has 266 valence electrons. The van der Waals surface area contributed by atoms with E-state index in [9.17, 15) is 13.7 Å². The van der Waals surface area contributed by atoms with Crippen LogP contribution in [0, 0.1) is 0 Å². The van der Waals surface area contributed by atoms with Crippen molar-refractivity contribution < 1.29 is 44.2 Å². The smallest absolute Gasteiger partial charge is 0.164 e. The summed E-state index contributed by atoms with van der Waals surface area (Å²) < 4.78 is 266. The lowest BCUT2D eigenvalue weighted by Gasteiger charge is -2.11. The molecule has 12 rings (SSSR count). The van der Waals surface area contributed by atoms with E-state index in [2.05, 4.69) is 15.0 Å². The lowest BCUT2D eigenvalue weighted by molar-refractivity contribution is 0.669. The summed E-state index contributed by atoms with van der Waals surface area (Å²) in [6.07, 6.45) is 0. The number of hydrogen-bond acceptors (Lipinski definition) is 6. The fraction of sp³-hybridized carbons (Fsp3) is 0. The molecule has 0 aliphatic heterocycles. The molecule has 0 N–H and O–H groups in total. The molecule has 0 fully saturated rings. The zero-order chi connectivity index (χ0) is 62.7. The van der Waals surface area contributed by atoms with Gasteiger partial charge < -0.3 is 4.42 Å². The number of rotatable bonds is 5. The number of nitrogens with zero attached hydrogens (tertiary/aromatic N) is 3. The third-order valence-corrected chi connectivity index (χ3v) is 10.9. The molecule has 0 amide bonds. The SMILES string of the molecule is [2H]c1c([2H])c([2H])c(-c2nc(-c3c([2H])c([2H])c([2H])c([2H])c3[2H])nc(-c3c([2H])c([2H])c4c(sc5c([2H])c([2H])c([2H])c(-c6c([2H])c(-c7c([2H])c([2H])c8sc9c([2H])c([2H])c([2H])c([2H])c9c8c7[2H])c7c(oc8c([2H])c([2H])c([2H])c([2H])c87)c6[2H])c54)c3[2H])n2)c([2H])c1[2H]. The molecule has 0 aliphatic carbocycles. The molecule has 12 aromatic rings. The minimum absolute atomic E-state index is 0.0914. The van der Waals surface area contributed by atoms with E-state index in [1.165, 1.54) is 0 Å². The average molecular weight is 793 g/mol. The van der Waals surface area contributed by atoms with Crippen molar-refractivity contribution in [3.05, 3.63) is 175 Å². The van der Waals surface area contributed by atoms with Crippen molar-refractivity contribution in [2.75, 3.05) is 0 Å². The molecule has 4 aromatic heterocycles. The maximum atomic E-state index is 10.2. The van der Waals surface area contributed by atoms with Crippen molar-refractivity contribution in [1.29, 1.82) is 0 Å². The minimum atomic E-state index is -0.935. The molecule has 6 heteroatoms. The van der Waals surface area contributed by atoms with Crippen LogP contribution in [0.5, 0.6) is 0 Å². The normalized spacial score (nSPS) is 19.0. The number of fused-ring (bicyclic) bond motifs is 9. The van der Waals surface area contributed by atoms with Crippen molar-refractivity contribution in [2.45, 2.75) is 0 Å². The summed E-state index contributed by atoms with van der Waals surface area (Å²) >= 11 is 1.24. The molecule has 0 bridgehead atoms. The molecule has 0 radical (unpaired) electrons. The van der Waals surface area contributed by atoms with Crippen LogP contribution in [0.2, 0.25) is 0 Å². The van der Waals surface area contributed by atoms with Gasteiger partial charge in [-0.05, 0) is 70.6 Å². The molecule has 4 nitrogen and oxygen atoms in total. The molecular formula is C51H29N3OS2. The lowest BCUT2D eigenvalue weighted by Crippen LogP contribution is -1.99. The van der Waals surface area contributed by atoms with Crippen molar-refractivity contribution in [1.82, 2.24) is 15.0 Å². The van der Waals surface area contributed by atoms with Gasteiger partial charge in [-0.15, -0.1) is 22.7 Å². The summed E-state index contributed by atoms with van der Waals surface area (Å²) in [5.41, 5.74) is -5.86. The molecule has 0 aliphatic rings. The van der Waals surface area contributed by atoms with Crippen LogP contribution in [0.1, 0.15) is 39.8 Å². The minimum Gasteiger partial charge on any atom is -0.456 e. The number of furan rings is 1. The second-order valence-electron chi connectivity index (χ2n) is 12.1. The van der Waals surface area contributed by atoms with Gasteiger partial charge in [-0.3, -0.25) is 0 Å². The Labute approximate surface area is 375 Å². The summed E-state index contributed by atoms with van der Waals surface area (Å²) in [6.45, 7) is 0. The van der Waals surface area contributed by atoms with E-state index in [-0.39, 0.29) is 29.6 Å². The first-order valence-electron chi connectivity index (χ1n) is 31.1. The van der Waals surface area contributed by atoms with Crippen LogP contribution >= 0.6 is 22.7 Å². The highest BCUT2D eigenvalue weighted by Gasteiger charge is 2.20. The summed E-state index contributed by atoms with van der Waals surface area (Å²) in [4.78, 5) is 12.9. The summed E-state index contributed by atoms with van der Waals surface area (Å²) in [7, 11) is 0. The Kier molecular flexibility index (Phi) is 3.32. The average Bonchev–Trinajstić information content (AvgIpc) is 1.50. The highest BCUT2D eigenvalue weighted by Crippen LogP contribution is 2.46. The molecule has 4 heterocycles. The van der Waals surface area contributed by atoms with Crippen LogP contribution in [-0.2, 0) is 0 Å². The summed E-state index contributed by atoms with van der Waals surface area (Å²) in [5, 5.41) is -2.25. The first kappa shape index (κ1) is 14.8. The van der Waals surface area contributed by atoms with Crippen molar-refractivity contribution in [2.24, 2.45) is 0 Å². The maximum absolute atomic E-state index is 10.2. The molecule has 0 saturated heterocycles. The molecule has 8 aromatic carbocycles. The Hall–Kier alpha value is -6.99. The van der Waals surface area contributed by atoms with Crippen LogP contribution in [0.3, 0.4) is 0 Å². The van der Waals surface area contributed by atoms with Crippen molar-refractivity contribution in [3.63, 3.8) is 0 Å². The van der Waals surface area contributed by atoms with E-state index in [0.717, 1.165) is 0 Å². The second-order valence-corrected chi connectivity index (χ2v) is 14.1. The van der Waals surface area contributed by atoms with E-state index in [1.807, 2.05) is 0 Å². The Morgan fingerprint density at radius 3 is 1.77 bits per heavy atom. The zero-order valence-corrected chi connectivity index (χ0v) is 29.7. The first-order chi connectivity index (χ1) is 40.3. The standard InChI is InChI=1S/C51H29N3OS2/c1-3-12-30(13-4-1)49-52-50(31-14-5-2-6-15-31)54-51(53-49)33-22-24-38-46(29-33)57-45-21-11-18-35(48(38)45)34-27-39(47-37-17-7-9-19-41(37)55-42(47)28-34)32-23-25-44-40(26-32)36-16-8-10-20-43(36)56-44/h1-29H/i1D,2D,3D,4D,5D,6D,7D,8D,9D,10D,11D,12D,13D,14D,15D,16D,17D,18D,19D,20D,21D,22D,23D,24D,25D,26D,27D,28D,29D. The molecule has 0 unspecified atom stereocenters. The van der Waals surface area contributed by atoms with Gasteiger partial charge in [0.1, 0.15) is 11.2 Å². The number of hydrogen-bond donors (Lipinski definition) is 0. The fourth-order valence-electron chi connectivity index (χ4n) is 6.40. The highest BCUT2D eigenvalue weighted by atomic mass is 32.1. The third-order valence-electron chi connectivity index (χ3n) is 8.84. The predicted octanol–water partition coefficient (Wildman–Crippen LogP) is 14.8. The van der Waals surface area contributed by atoms with Crippen LogP contribution in [0.15, 0.2) is 180 Å². The molecular weight excluding hydrogens is 735 g/mol. The number of thiophene rings is 2. The van der Waals surface area contributed by atoms with Gasteiger partial charge in [0.25, 0.3) is 0 Å². The maximum Gasteiger partial charge on any atom is 0.164 e. The predicted molar refractivity (Wildman–Crippen MR) is 240 cm³/mol. The highest BCUT2D eigenvalue weighted by molar-refractivity contribution is 7.26. The van der Waals surface area contributed by atoms with E-state index in [0.29, 0.717) is 22.7 Å². The Balaban J connectivity index is 1.23. The summed E-state index contributed by atoms with van der Waals surface area (Å²) in [5.74, 6) is -2.30. The van der Waals surface area contributed by atoms with Gasteiger partial charge in [0.2, 0.25) is 0 Å².